The van der Waals surface area contributed by atoms with Crippen molar-refractivity contribution < 1.29 is 33.8 Å². The van der Waals surface area contributed by atoms with Crippen molar-refractivity contribution in [2.24, 2.45) is 11.8 Å². The minimum Gasteiger partial charge on any atom is -0.455 e. The second-order valence-electron chi connectivity index (χ2n) is 13.2. The average Bonchev–Trinajstić information content (AvgIpc) is 3.87. The third kappa shape index (κ3) is 6.72. The van der Waals surface area contributed by atoms with Gasteiger partial charge in [0.15, 0.2) is 0 Å². The molecule has 1 aromatic heterocycles. The Morgan fingerprint density at radius 3 is 2.63 bits per heavy atom. The highest BCUT2D eigenvalue weighted by molar-refractivity contribution is 9.09. The van der Waals surface area contributed by atoms with Gasteiger partial charge < -0.3 is 29.7 Å². The van der Waals surface area contributed by atoms with Crippen LogP contribution in [0.15, 0.2) is 79.9 Å². The number of rotatable bonds is 16. The van der Waals surface area contributed by atoms with Crippen LogP contribution in [0.2, 0.25) is 0 Å². The summed E-state index contributed by atoms with van der Waals surface area (Å²) in [7, 11) is 0. The van der Waals surface area contributed by atoms with E-state index >= 15 is 0 Å². The van der Waals surface area contributed by atoms with E-state index in [2.05, 4.69) is 44.7 Å². The van der Waals surface area contributed by atoms with Gasteiger partial charge in [0.25, 0.3) is 0 Å². The molecule has 270 valence electrons. The summed E-state index contributed by atoms with van der Waals surface area (Å²) in [4.78, 5) is 58.9. The first-order valence-corrected chi connectivity index (χ1v) is 18.2. The van der Waals surface area contributed by atoms with E-state index in [1.807, 2.05) is 49.4 Å². The standard InChI is InChI=1S/C37H43BrN6O7/c1-4-7-17-29(46)39-20-28(23-13-9-8-10-14-23)50-36(49)30-31-34(47)44(24(6-3)21-45)33(37(31)19-25(38)32(30)51-37)35(48)42(18-5-2)22-43-27-16-12-11-15-26(27)40-41-43/h4-5,8-16,24-25,28,30-33,45H,1-2,6-7,17-22H2,3H3,(H,39,46)/t24-,25?,28-,30-,31+,32-,33-,37+/m0/s1. The number of fused-ring (bicyclic) bond motifs is 2. The van der Waals surface area contributed by atoms with E-state index in [1.54, 1.807) is 29.0 Å². The van der Waals surface area contributed by atoms with Crippen LogP contribution in [0.4, 0.5) is 0 Å². The maximum Gasteiger partial charge on any atom is 0.313 e. The minimum absolute atomic E-state index is 0.0183. The zero-order valence-corrected chi connectivity index (χ0v) is 30.1. The molecule has 3 saturated heterocycles. The van der Waals surface area contributed by atoms with Crippen LogP contribution in [0.5, 0.6) is 0 Å². The van der Waals surface area contributed by atoms with Crippen LogP contribution in [0.3, 0.4) is 0 Å². The van der Waals surface area contributed by atoms with Crippen molar-refractivity contribution >= 4 is 50.7 Å². The number of nitrogens with one attached hydrogen (secondary N) is 1. The lowest BCUT2D eigenvalue weighted by atomic mass is 9.70. The summed E-state index contributed by atoms with van der Waals surface area (Å²) < 4.78 is 14.4. The fraction of sp³-hybridized carbons (Fsp3) is 0.459. The molecule has 6 rings (SSSR count). The molecule has 2 N–H and O–H groups in total. The van der Waals surface area contributed by atoms with E-state index < -0.39 is 59.5 Å². The number of amides is 3. The van der Waals surface area contributed by atoms with Crippen LogP contribution in [0.25, 0.3) is 11.0 Å². The number of alkyl halides is 1. The van der Waals surface area contributed by atoms with Crippen LogP contribution in [-0.4, -0.2) is 102 Å². The smallest absolute Gasteiger partial charge is 0.313 e. The summed E-state index contributed by atoms with van der Waals surface area (Å²) >= 11 is 3.71. The molecule has 8 atom stereocenters. The van der Waals surface area contributed by atoms with E-state index in [1.165, 1.54) is 9.80 Å². The maximum atomic E-state index is 14.9. The molecule has 51 heavy (non-hydrogen) atoms. The van der Waals surface area contributed by atoms with Crippen molar-refractivity contribution in [2.45, 2.75) is 74.0 Å². The van der Waals surface area contributed by atoms with Gasteiger partial charge in [0.1, 0.15) is 29.9 Å². The summed E-state index contributed by atoms with van der Waals surface area (Å²) in [5.74, 6) is -3.85. The molecule has 1 unspecified atom stereocenters. The number of carbonyl (C=O) groups is 4. The van der Waals surface area contributed by atoms with Gasteiger partial charge in [0.2, 0.25) is 17.7 Å². The first-order chi connectivity index (χ1) is 24.7. The van der Waals surface area contributed by atoms with Gasteiger partial charge in [-0.15, -0.1) is 18.3 Å². The fourth-order valence-corrected chi connectivity index (χ4v) is 8.74. The number of hydrogen-bond acceptors (Lipinski definition) is 9. The van der Waals surface area contributed by atoms with Crippen molar-refractivity contribution in [1.82, 2.24) is 30.1 Å². The van der Waals surface area contributed by atoms with Crippen LogP contribution in [-0.2, 0) is 35.3 Å². The highest BCUT2D eigenvalue weighted by atomic mass is 79.9. The van der Waals surface area contributed by atoms with Gasteiger partial charge in [0, 0.05) is 17.8 Å². The molecule has 3 amide bonds. The number of aliphatic hydroxyl groups excluding tert-OH is 1. The fourth-order valence-electron chi connectivity index (χ4n) is 7.79. The Balaban J connectivity index is 1.33. The second-order valence-corrected chi connectivity index (χ2v) is 14.4. The molecule has 4 heterocycles. The van der Waals surface area contributed by atoms with Gasteiger partial charge in [-0.2, -0.15) is 0 Å². The Morgan fingerprint density at radius 2 is 1.92 bits per heavy atom. The summed E-state index contributed by atoms with van der Waals surface area (Å²) in [6, 6.07) is 14.6. The van der Waals surface area contributed by atoms with Crippen molar-refractivity contribution in [3.05, 3.63) is 85.5 Å². The molecular weight excluding hydrogens is 720 g/mol. The number of likely N-dealkylation sites (tertiary alicyclic amines) is 1. The quantitative estimate of drug-likeness (QED) is 0.127. The first-order valence-electron chi connectivity index (χ1n) is 17.2. The Bertz CT molecular complexity index is 1780. The molecule has 3 aliphatic rings. The monoisotopic (exact) mass is 762 g/mol. The average molecular weight is 764 g/mol. The lowest BCUT2D eigenvalue weighted by Gasteiger charge is -2.39. The summed E-state index contributed by atoms with van der Waals surface area (Å²) in [6.45, 7) is 9.14. The zero-order valence-electron chi connectivity index (χ0n) is 28.5. The SMILES string of the molecule is C=CCCC(=O)NC[C@H](OC(=O)[C@@H]1[C@H]2O[C@@]3(CC2Br)[C@H](C(=O)N(CC=C)Cn2nnc4ccccc42)N([C@@H](CC)CO)C(=O)[C@@H]13)c1ccccc1. The number of benzene rings is 2. The maximum absolute atomic E-state index is 14.9. The number of para-hydroxylation sites is 1. The third-order valence-electron chi connectivity index (χ3n) is 10.2. The van der Waals surface area contributed by atoms with Crippen molar-refractivity contribution in [2.75, 3.05) is 19.7 Å². The largest absolute Gasteiger partial charge is 0.455 e. The first kappa shape index (κ1) is 36.4. The van der Waals surface area contributed by atoms with E-state index in [4.69, 9.17) is 9.47 Å². The predicted octanol–water partition coefficient (Wildman–Crippen LogP) is 3.29. The van der Waals surface area contributed by atoms with Gasteiger partial charge >= 0.3 is 5.97 Å². The summed E-state index contributed by atoms with van der Waals surface area (Å²) in [5.41, 5.74) is 0.674. The molecule has 3 aromatic rings. The van der Waals surface area contributed by atoms with Crippen molar-refractivity contribution in [3.8, 4) is 0 Å². The molecule has 3 aliphatic heterocycles. The molecule has 0 aliphatic carbocycles. The topological polar surface area (TPSA) is 156 Å². The third-order valence-corrected chi connectivity index (χ3v) is 11.0. The van der Waals surface area contributed by atoms with Crippen LogP contribution in [0.1, 0.15) is 44.3 Å². The van der Waals surface area contributed by atoms with Crippen molar-refractivity contribution in [1.29, 1.82) is 0 Å². The van der Waals surface area contributed by atoms with Gasteiger partial charge in [-0.1, -0.05) is 82.7 Å². The molecule has 2 bridgehead atoms. The van der Waals surface area contributed by atoms with Gasteiger partial charge in [-0.3, -0.25) is 19.2 Å². The van der Waals surface area contributed by atoms with Gasteiger partial charge in [-0.25, -0.2) is 4.68 Å². The molecule has 0 radical (unpaired) electrons. The molecule has 0 saturated carbocycles. The van der Waals surface area contributed by atoms with Gasteiger partial charge in [-0.05, 0) is 37.0 Å². The number of ether oxygens (including phenoxy) is 2. The van der Waals surface area contributed by atoms with Crippen LogP contribution >= 0.6 is 15.9 Å². The molecule has 13 nitrogen and oxygen atoms in total. The lowest BCUT2D eigenvalue weighted by molar-refractivity contribution is -0.161. The molecule has 14 heteroatoms. The predicted molar refractivity (Wildman–Crippen MR) is 191 cm³/mol. The molecule has 2 aromatic carbocycles. The normalized spacial score (nSPS) is 26.1. The number of allylic oxidation sites excluding steroid dienone is 1. The number of halogens is 1. The Kier molecular flexibility index (Phi) is 11.0. The molecular formula is C37H43BrN6O7. The summed E-state index contributed by atoms with van der Waals surface area (Å²) in [5, 5.41) is 21.8. The highest BCUT2D eigenvalue weighted by Gasteiger charge is 2.77. The number of aliphatic hydroxyl groups is 1. The Hall–Kier alpha value is -4.40. The van der Waals surface area contributed by atoms with E-state index in [-0.39, 0.29) is 49.9 Å². The van der Waals surface area contributed by atoms with Crippen LogP contribution in [0, 0.1) is 11.8 Å². The van der Waals surface area contributed by atoms with E-state index in [0.29, 0.717) is 23.9 Å². The Labute approximate surface area is 304 Å². The summed E-state index contributed by atoms with van der Waals surface area (Å²) in [6.07, 6.45) is 3.03. The molecule has 1 spiro atoms. The van der Waals surface area contributed by atoms with E-state index in [9.17, 15) is 24.3 Å². The Morgan fingerprint density at radius 1 is 1.18 bits per heavy atom. The van der Waals surface area contributed by atoms with Gasteiger partial charge in [0.05, 0.1) is 42.6 Å². The van der Waals surface area contributed by atoms with Crippen molar-refractivity contribution in [3.63, 3.8) is 0 Å². The highest BCUT2D eigenvalue weighted by Crippen LogP contribution is 2.61. The lowest BCUT2D eigenvalue weighted by Crippen LogP contribution is -2.59. The second kappa shape index (κ2) is 15.5. The number of hydrogen-bond donors (Lipinski definition) is 2. The zero-order chi connectivity index (χ0) is 36.3. The number of aromatic nitrogens is 3. The number of esters is 1. The number of nitrogens with zero attached hydrogens (tertiary/aromatic N) is 5. The van der Waals surface area contributed by atoms with E-state index in [0.717, 1.165) is 5.52 Å². The minimum atomic E-state index is -1.38. The number of carbonyl (C=O) groups excluding carboxylic acids is 4. The molecule has 3 fully saturated rings. The van der Waals surface area contributed by atoms with Crippen LogP contribution < -0.4 is 5.32 Å².